The van der Waals surface area contributed by atoms with Crippen LogP contribution in [0, 0.1) is 0 Å². The molecule has 0 aliphatic carbocycles. The van der Waals surface area contributed by atoms with Gasteiger partial charge in [-0.05, 0) is 36.6 Å². The van der Waals surface area contributed by atoms with E-state index in [0.29, 0.717) is 19.3 Å². The first-order chi connectivity index (χ1) is 13.7. The molecule has 1 aliphatic rings. The lowest BCUT2D eigenvalue weighted by molar-refractivity contribution is -0.135. The summed E-state index contributed by atoms with van der Waals surface area (Å²) in [5.41, 5.74) is 2.08. The molecule has 4 rings (SSSR count). The molecule has 1 fully saturated rings. The van der Waals surface area contributed by atoms with E-state index in [0.717, 1.165) is 48.2 Å². The first-order valence-corrected chi connectivity index (χ1v) is 9.86. The van der Waals surface area contributed by atoms with Crippen LogP contribution in [0.15, 0.2) is 53.3 Å². The van der Waals surface area contributed by atoms with Crippen molar-refractivity contribution in [2.24, 2.45) is 0 Å². The summed E-state index contributed by atoms with van der Waals surface area (Å²) in [6.07, 6.45) is 6.89. The maximum absolute atomic E-state index is 13.1. The summed E-state index contributed by atoms with van der Waals surface area (Å²) in [7, 11) is 0. The summed E-state index contributed by atoms with van der Waals surface area (Å²) in [5, 5.41) is 4.06. The number of nitrogens with one attached hydrogen (secondary N) is 2. The molecule has 2 amide bonds. The first-order valence-electron chi connectivity index (χ1n) is 9.86. The predicted octanol–water partition coefficient (Wildman–Crippen LogP) is 3.04. The Hall–Kier alpha value is -3.02. The van der Waals surface area contributed by atoms with E-state index in [1.54, 1.807) is 6.26 Å². The molecule has 0 spiro atoms. The molecule has 28 heavy (non-hydrogen) atoms. The molecular formula is C22H25N3O3. The van der Waals surface area contributed by atoms with Crippen molar-refractivity contribution in [3.05, 3.63) is 60.2 Å². The van der Waals surface area contributed by atoms with Gasteiger partial charge in [-0.15, -0.1) is 0 Å². The monoisotopic (exact) mass is 379 g/mol. The quantitative estimate of drug-likeness (QED) is 0.662. The normalized spacial score (nSPS) is 15.1. The molecule has 2 N–H and O–H groups in total. The highest BCUT2D eigenvalue weighted by molar-refractivity contribution is 5.89. The van der Waals surface area contributed by atoms with Gasteiger partial charge in [0.05, 0.1) is 6.26 Å². The molecule has 0 unspecified atom stereocenters. The van der Waals surface area contributed by atoms with Gasteiger partial charge < -0.3 is 19.6 Å². The van der Waals surface area contributed by atoms with Crippen molar-refractivity contribution in [2.75, 3.05) is 13.1 Å². The number of fused-ring (bicyclic) bond motifs is 1. The van der Waals surface area contributed by atoms with E-state index in [4.69, 9.17) is 4.42 Å². The number of nitrogens with zero attached hydrogens (tertiary/aromatic N) is 1. The maximum Gasteiger partial charge on any atom is 0.245 e. The van der Waals surface area contributed by atoms with Crippen molar-refractivity contribution in [3.8, 4) is 0 Å². The first kappa shape index (κ1) is 18.3. The van der Waals surface area contributed by atoms with Gasteiger partial charge in [-0.25, -0.2) is 0 Å². The van der Waals surface area contributed by atoms with E-state index >= 15 is 0 Å². The number of hydrogen-bond acceptors (Lipinski definition) is 3. The summed E-state index contributed by atoms with van der Waals surface area (Å²) < 4.78 is 5.29. The Morgan fingerprint density at radius 1 is 1.14 bits per heavy atom. The minimum absolute atomic E-state index is 0.00845. The molecule has 3 heterocycles. The molecule has 0 bridgehead atoms. The number of rotatable bonds is 7. The van der Waals surface area contributed by atoms with E-state index in [1.165, 1.54) is 0 Å². The van der Waals surface area contributed by atoms with Crippen molar-refractivity contribution in [1.29, 1.82) is 0 Å². The fourth-order valence-electron chi connectivity index (χ4n) is 3.84. The Balaban J connectivity index is 1.48. The third kappa shape index (κ3) is 4.11. The summed E-state index contributed by atoms with van der Waals surface area (Å²) in [6, 6.07) is 11.1. The van der Waals surface area contributed by atoms with Gasteiger partial charge in [0.25, 0.3) is 0 Å². The van der Waals surface area contributed by atoms with Crippen molar-refractivity contribution in [2.45, 2.75) is 38.1 Å². The zero-order chi connectivity index (χ0) is 19.3. The summed E-state index contributed by atoms with van der Waals surface area (Å²) in [6.45, 7) is 1.54. The lowest BCUT2D eigenvalue weighted by Gasteiger charge is -2.24. The molecule has 0 saturated carbocycles. The molecular weight excluding hydrogens is 354 g/mol. The third-order valence-electron chi connectivity index (χ3n) is 5.33. The lowest BCUT2D eigenvalue weighted by atomic mass is 10.0. The maximum atomic E-state index is 13.1. The second kappa shape index (κ2) is 8.33. The number of carbonyl (C=O) groups is 2. The second-order valence-electron chi connectivity index (χ2n) is 7.30. The van der Waals surface area contributed by atoms with Gasteiger partial charge in [-0.1, -0.05) is 18.2 Å². The SMILES string of the molecule is O=C(CCc1ccco1)N[C@@H](Cc1c[nH]c2ccccc12)C(=O)N1CCCC1. The van der Waals surface area contributed by atoms with Gasteiger partial charge in [0.2, 0.25) is 11.8 Å². The summed E-state index contributed by atoms with van der Waals surface area (Å²) in [5.74, 6) is 0.650. The molecule has 6 heteroatoms. The van der Waals surface area contributed by atoms with Crippen LogP contribution in [0.2, 0.25) is 0 Å². The van der Waals surface area contributed by atoms with Crippen LogP contribution in [0.25, 0.3) is 10.9 Å². The van der Waals surface area contributed by atoms with Crippen LogP contribution in [0.5, 0.6) is 0 Å². The highest BCUT2D eigenvalue weighted by atomic mass is 16.3. The number of carbonyl (C=O) groups excluding carboxylic acids is 2. The minimum atomic E-state index is -0.554. The largest absolute Gasteiger partial charge is 0.469 e. The van der Waals surface area contributed by atoms with E-state index in [1.807, 2.05) is 47.5 Å². The number of hydrogen-bond donors (Lipinski definition) is 2. The fraction of sp³-hybridized carbons (Fsp3) is 0.364. The lowest BCUT2D eigenvalue weighted by Crippen LogP contribution is -2.49. The van der Waals surface area contributed by atoms with Gasteiger partial charge in [0, 0.05) is 49.5 Å². The Morgan fingerprint density at radius 3 is 2.75 bits per heavy atom. The highest BCUT2D eigenvalue weighted by Gasteiger charge is 2.28. The number of likely N-dealkylation sites (tertiary alicyclic amines) is 1. The zero-order valence-corrected chi connectivity index (χ0v) is 15.8. The standard InChI is InChI=1S/C22H25N3O3/c26-21(10-9-17-6-5-13-28-17)24-20(22(27)25-11-3-4-12-25)14-16-15-23-19-8-2-1-7-18(16)19/h1-2,5-8,13,15,20,23H,3-4,9-12,14H2,(H,24,26)/t20-/m0/s1. The Labute approximate surface area is 163 Å². The molecule has 1 aromatic carbocycles. The molecule has 0 radical (unpaired) electrons. The van der Waals surface area contributed by atoms with E-state index in [-0.39, 0.29) is 11.8 Å². The molecule has 6 nitrogen and oxygen atoms in total. The Kier molecular flexibility index (Phi) is 5.46. The number of furan rings is 1. The number of aromatic amines is 1. The van der Waals surface area contributed by atoms with E-state index in [2.05, 4.69) is 10.3 Å². The molecule has 1 aliphatic heterocycles. The molecule has 2 aromatic heterocycles. The molecule has 1 atom stereocenters. The topological polar surface area (TPSA) is 78.3 Å². The Morgan fingerprint density at radius 2 is 1.96 bits per heavy atom. The number of aromatic nitrogens is 1. The van der Waals surface area contributed by atoms with Crippen LogP contribution in [-0.4, -0.2) is 40.8 Å². The van der Waals surface area contributed by atoms with E-state index < -0.39 is 6.04 Å². The number of aryl methyl sites for hydroxylation is 1. The number of H-pyrrole nitrogens is 1. The molecule has 1 saturated heterocycles. The molecule has 3 aromatic rings. The van der Waals surface area contributed by atoms with Crippen molar-refractivity contribution < 1.29 is 14.0 Å². The van der Waals surface area contributed by atoms with Crippen molar-refractivity contribution in [1.82, 2.24) is 15.2 Å². The van der Waals surface area contributed by atoms with Crippen LogP contribution in [-0.2, 0) is 22.4 Å². The third-order valence-corrected chi connectivity index (χ3v) is 5.33. The van der Waals surface area contributed by atoms with Gasteiger partial charge in [-0.2, -0.15) is 0 Å². The predicted molar refractivity (Wildman–Crippen MR) is 107 cm³/mol. The minimum Gasteiger partial charge on any atom is -0.469 e. The van der Waals surface area contributed by atoms with Crippen molar-refractivity contribution >= 4 is 22.7 Å². The van der Waals surface area contributed by atoms with Gasteiger partial charge in [0.1, 0.15) is 11.8 Å². The van der Waals surface area contributed by atoms with E-state index in [9.17, 15) is 9.59 Å². The van der Waals surface area contributed by atoms with Crippen molar-refractivity contribution in [3.63, 3.8) is 0 Å². The summed E-state index contributed by atoms with van der Waals surface area (Å²) >= 11 is 0. The molecule has 146 valence electrons. The van der Waals surface area contributed by atoms with Gasteiger partial charge in [0.15, 0.2) is 0 Å². The summed E-state index contributed by atoms with van der Waals surface area (Å²) in [4.78, 5) is 30.7. The number of benzene rings is 1. The average molecular weight is 379 g/mol. The van der Waals surface area contributed by atoms with Gasteiger partial charge in [-0.3, -0.25) is 9.59 Å². The number of amides is 2. The second-order valence-corrected chi connectivity index (χ2v) is 7.30. The van der Waals surface area contributed by atoms with Gasteiger partial charge >= 0.3 is 0 Å². The zero-order valence-electron chi connectivity index (χ0n) is 15.8. The van der Waals surface area contributed by atoms with Crippen LogP contribution < -0.4 is 5.32 Å². The van der Waals surface area contributed by atoms with Crippen LogP contribution in [0.1, 0.15) is 30.6 Å². The smallest absolute Gasteiger partial charge is 0.245 e. The Bertz CT molecular complexity index is 939. The fourth-order valence-corrected chi connectivity index (χ4v) is 3.84. The number of para-hydroxylation sites is 1. The van der Waals surface area contributed by atoms with Crippen LogP contribution in [0.3, 0.4) is 0 Å². The highest BCUT2D eigenvalue weighted by Crippen LogP contribution is 2.20. The van der Waals surface area contributed by atoms with Crippen LogP contribution >= 0.6 is 0 Å². The van der Waals surface area contributed by atoms with Crippen LogP contribution in [0.4, 0.5) is 0 Å². The average Bonchev–Trinajstić information content (AvgIpc) is 3.47.